The summed E-state index contributed by atoms with van der Waals surface area (Å²) in [6.07, 6.45) is 0.257. The van der Waals surface area contributed by atoms with Crippen LogP contribution in [0.2, 0.25) is 0 Å². The molecule has 0 saturated heterocycles. The number of hydrogen-bond donors (Lipinski definition) is 2. The molecule has 0 bridgehead atoms. The molecule has 0 aliphatic carbocycles. The lowest BCUT2D eigenvalue weighted by Crippen LogP contribution is -2.35. The summed E-state index contributed by atoms with van der Waals surface area (Å²) in [5.74, 6) is 0.604. The van der Waals surface area contributed by atoms with Gasteiger partial charge in [-0.05, 0) is 68.0 Å². The third-order valence-electron chi connectivity index (χ3n) is 4.03. The van der Waals surface area contributed by atoms with E-state index in [1.807, 2.05) is 48.5 Å². The largest absolute Gasteiger partial charge is 0.497 e. The highest BCUT2D eigenvalue weighted by Crippen LogP contribution is 2.17. The van der Waals surface area contributed by atoms with E-state index in [0.717, 1.165) is 35.8 Å². The average molecular weight is 372 g/mol. The summed E-state index contributed by atoms with van der Waals surface area (Å²) in [4.78, 5) is 14.4. The van der Waals surface area contributed by atoms with E-state index >= 15 is 0 Å². The summed E-state index contributed by atoms with van der Waals surface area (Å²) in [6.45, 7) is 6.18. The van der Waals surface area contributed by atoms with E-state index in [0.29, 0.717) is 5.11 Å². The van der Waals surface area contributed by atoms with Crippen LogP contribution >= 0.6 is 12.2 Å². The summed E-state index contributed by atoms with van der Waals surface area (Å²) in [6, 6.07) is 15.4. The molecule has 0 aliphatic heterocycles. The number of thiocarbonyl (C=S) groups is 1. The van der Waals surface area contributed by atoms with E-state index in [1.54, 1.807) is 7.11 Å². The molecule has 0 fully saturated rings. The van der Waals surface area contributed by atoms with Crippen LogP contribution in [0.25, 0.3) is 0 Å². The van der Waals surface area contributed by atoms with Gasteiger partial charge >= 0.3 is 0 Å². The van der Waals surface area contributed by atoms with Gasteiger partial charge in [-0.15, -0.1) is 0 Å². The van der Waals surface area contributed by atoms with Crippen molar-refractivity contribution >= 4 is 34.6 Å². The van der Waals surface area contributed by atoms with Crippen LogP contribution in [-0.2, 0) is 11.2 Å². The number of benzene rings is 2. The van der Waals surface area contributed by atoms with Gasteiger partial charge in [0.2, 0.25) is 5.91 Å². The van der Waals surface area contributed by atoms with E-state index in [2.05, 4.69) is 29.4 Å². The van der Waals surface area contributed by atoms with Gasteiger partial charge < -0.3 is 20.3 Å². The third-order valence-corrected chi connectivity index (χ3v) is 4.23. The fourth-order valence-electron chi connectivity index (χ4n) is 2.61. The second-order valence-corrected chi connectivity index (χ2v) is 6.15. The molecule has 0 atom stereocenters. The first kappa shape index (κ1) is 19.7. The predicted molar refractivity (Wildman–Crippen MR) is 111 cm³/mol. The molecule has 0 saturated carbocycles. The molecule has 6 heteroatoms. The van der Waals surface area contributed by atoms with Crippen LogP contribution < -0.4 is 20.3 Å². The number of carbonyl (C=O) groups is 1. The van der Waals surface area contributed by atoms with Gasteiger partial charge in [0.15, 0.2) is 5.11 Å². The van der Waals surface area contributed by atoms with Gasteiger partial charge in [-0.2, -0.15) is 0 Å². The molecular weight excluding hydrogens is 346 g/mol. The molecule has 0 aromatic heterocycles. The lowest BCUT2D eigenvalue weighted by molar-refractivity contribution is -0.119. The minimum Gasteiger partial charge on any atom is -0.497 e. The first-order valence-corrected chi connectivity index (χ1v) is 9.05. The highest BCUT2D eigenvalue weighted by Gasteiger charge is 2.07. The van der Waals surface area contributed by atoms with Crippen molar-refractivity contribution < 1.29 is 9.53 Å². The smallest absolute Gasteiger partial charge is 0.230 e. The first-order valence-electron chi connectivity index (χ1n) is 8.64. The van der Waals surface area contributed by atoms with E-state index in [4.69, 9.17) is 17.0 Å². The Labute approximate surface area is 160 Å². The van der Waals surface area contributed by atoms with Gasteiger partial charge in [-0.1, -0.05) is 12.1 Å². The average Bonchev–Trinajstić information content (AvgIpc) is 2.64. The molecule has 0 unspecified atom stereocenters. The van der Waals surface area contributed by atoms with E-state index in [9.17, 15) is 4.79 Å². The van der Waals surface area contributed by atoms with Crippen molar-refractivity contribution in [2.75, 3.05) is 30.4 Å². The number of rotatable bonds is 7. The summed E-state index contributed by atoms with van der Waals surface area (Å²) < 4.78 is 5.11. The van der Waals surface area contributed by atoms with E-state index < -0.39 is 0 Å². The molecule has 1 amide bonds. The lowest BCUT2D eigenvalue weighted by atomic mass is 10.1. The van der Waals surface area contributed by atoms with Gasteiger partial charge in [0.1, 0.15) is 5.75 Å². The monoisotopic (exact) mass is 371 g/mol. The Morgan fingerprint density at radius 1 is 1.04 bits per heavy atom. The Bertz CT molecular complexity index is 726. The Morgan fingerprint density at radius 3 is 2.19 bits per heavy atom. The fourth-order valence-corrected chi connectivity index (χ4v) is 2.84. The maximum atomic E-state index is 12.1. The van der Waals surface area contributed by atoms with Crippen LogP contribution in [0.15, 0.2) is 48.5 Å². The highest BCUT2D eigenvalue weighted by molar-refractivity contribution is 7.80. The van der Waals surface area contributed by atoms with Crippen molar-refractivity contribution in [3.63, 3.8) is 0 Å². The van der Waals surface area contributed by atoms with Crippen molar-refractivity contribution in [2.45, 2.75) is 20.3 Å². The van der Waals surface area contributed by atoms with Crippen molar-refractivity contribution in [3.8, 4) is 5.75 Å². The number of hydrogen-bond acceptors (Lipinski definition) is 4. The number of amides is 1. The Kier molecular flexibility index (Phi) is 7.41. The van der Waals surface area contributed by atoms with Gasteiger partial charge in [0.25, 0.3) is 0 Å². The van der Waals surface area contributed by atoms with Crippen molar-refractivity contribution in [1.82, 2.24) is 5.32 Å². The fraction of sp³-hybridized carbons (Fsp3) is 0.300. The summed E-state index contributed by atoms with van der Waals surface area (Å²) in [5.41, 5.74) is 2.90. The minimum atomic E-state index is -0.160. The number of carbonyl (C=O) groups excluding carboxylic acids is 1. The van der Waals surface area contributed by atoms with Gasteiger partial charge in [-0.3, -0.25) is 4.79 Å². The third kappa shape index (κ3) is 5.74. The normalized spacial score (nSPS) is 10.1. The Hall–Kier alpha value is -2.60. The Balaban J connectivity index is 1.86. The first-order chi connectivity index (χ1) is 12.5. The maximum Gasteiger partial charge on any atom is 0.230 e. The number of anilines is 2. The molecule has 138 valence electrons. The van der Waals surface area contributed by atoms with Gasteiger partial charge in [-0.25, -0.2) is 0 Å². The number of ether oxygens (including phenoxy) is 1. The molecule has 0 aliphatic rings. The lowest BCUT2D eigenvalue weighted by Gasteiger charge is -2.21. The Morgan fingerprint density at radius 2 is 1.65 bits per heavy atom. The van der Waals surface area contributed by atoms with Gasteiger partial charge in [0.05, 0.1) is 13.5 Å². The molecule has 0 spiro atoms. The van der Waals surface area contributed by atoms with E-state index in [-0.39, 0.29) is 12.3 Å². The van der Waals surface area contributed by atoms with Crippen LogP contribution in [0, 0.1) is 0 Å². The molecule has 0 radical (unpaired) electrons. The second-order valence-electron chi connectivity index (χ2n) is 5.75. The zero-order valence-corrected chi connectivity index (χ0v) is 16.2. The topological polar surface area (TPSA) is 53.6 Å². The molecule has 2 aromatic rings. The zero-order chi connectivity index (χ0) is 18.9. The number of nitrogens with one attached hydrogen (secondary N) is 2. The van der Waals surface area contributed by atoms with Gasteiger partial charge in [0, 0.05) is 24.5 Å². The quantitative estimate of drug-likeness (QED) is 0.729. The standard InChI is InChI=1S/C20H25N3O2S/c1-4-23(5-2)17-10-8-16(9-11-17)21-20(26)22-19(24)14-15-6-12-18(25-3)13-7-15/h6-13H,4-5,14H2,1-3H3,(H2,21,22,24,26). The molecule has 5 nitrogen and oxygen atoms in total. The molecule has 2 aromatic carbocycles. The summed E-state index contributed by atoms with van der Waals surface area (Å²) in [7, 11) is 1.61. The van der Waals surface area contributed by atoms with Crippen LogP contribution in [0.3, 0.4) is 0 Å². The minimum absolute atomic E-state index is 0.160. The highest BCUT2D eigenvalue weighted by atomic mass is 32.1. The maximum absolute atomic E-state index is 12.1. The van der Waals surface area contributed by atoms with E-state index in [1.165, 1.54) is 0 Å². The van der Waals surface area contributed by atoms with Crippen molar-refractivity contribution in [1.29, 1.82) is 0 Å². The molecule has 2 rings (SSSR count). The molecular formula is C20H25N3O2S. The van der Waals surface area contributed by atoms with Crippen LogP contribution in [0.1, 0.15) is 19.4 Å². The molecule has 26 heavy (non-hydrogen) atoms. The number of methoxy groups -OCH3 is 1. The molecule has 2 N–H and O–H groups in total. The van der Waals surface area contributed by atoms with Crippen LogP contribution in [-0.4, -0.2) is 31.2 Å². The summed E-state index contributed by atoms with van der Waals surface area (Å²) in [5, 5.41) is 6.04. The van der Waals surface area contributed by atoms with Crippen molar-refractivity contribution in [3.05, 3.63) is 54.1 Å². The summed E-state index contributed by atoms with van der Waals surface area (Å²) >= 11 is 5.22. The van der Waals surface area contributed by atoms with Crippen LogP contribution in [0.5, 0.6) is 5.75 Å². The zero-order valence-electron chi connectivity index (χ0n) is 15.4. The van der Waals surface area contributed by atoms with Crippen molar-refractivity contribution in [2.24, 2.45) is 0 Å². The SMILES string of the molecule is CCN(CC)c1ccc(NC(=S)NC(=O)Cc2ccc(OC)cc2)cc1. The predicted octanol–water partition coefficient (Wildman–Crippen LogP) is 3.60. The molecule has 0 heterocycles. The van der Waals surface area contributed by atoms with Crippen LogP contribution in [0.4, 0.5) is 11.4 Å². The number of nitrogens with zero attached hydrogens (tertiary/aromatic N) is 1. The second kappa shape index (κ2) is 9.77.